The first-order valence-electron chi connectivity index (χ1n) is 5.41. The van der Waals surface area contributed by atoms with Crippen LogP contribution >= 0.6 is 0 Å². The van der Waals surface area contributed by atoms with E-state index in [-0.39, 0.29) is 6.04 Å². The van der Waals surface area contributed by atoms with E-state index in [0.29, 0.717) is 6.54 Å². The normalized spacial score (nSPS) is 16.5. The molecule has 1 heterocycles. The zero-order chi connectivity index (χ0) is 11.4. The highest BCUT2D eigenvalue weighted by Gasteiger charge is 2.26. The fraction of sp³-hybridized carbons (Fsp3) is 0.667. The van der Waals surface area contributed by atoms with Gasteiger partial charge in [0.2, 0.25) is 0 Å². The Labute approximate surface area is 95.0 Å². The third kappa shape index (κ3) is 3.92. The molecule has 0 aliphatic heterocycles. The van der Waals surface area contributed by atoms with E-state index in [4.69, 9.17) is 0 Å². The van der Waals surface area contributed by atoms with Gasteiger partial charge in [-0.3, -0.25) is 0 Å². The molecular weight excluding hydrogens is 228 g/mol. The maximum Gasteiger partial charge on any atom is 0.277 e. The van der Waals surface area contributed by atoms with Crippen LogP contribution in [0.15, 0.2) is 12.4 Å². The van der Waals surface area contributed by atoms with Crippen molar-refractivity contribution in [2.75, 3.05) is 6.54 Å². The first-order valence-corrected chi connectivity index (χ1v) is 6.89. The summed E-state index contributed by atoms with van der Waals surface area (Å²) in [6.07, 6.45) is 6.83. The molecule has 3 N–H and O–H groups in total. The maximum absolute atomic E-state index is 11.4. The minimum Gasteiger partial charge on any atom is -0.349 e. The Bertz CT molecular complexity index is 411. The second-order valence-corrected chi connectivity index (χ2v) is 5.46. The molecule has 1 aromatic heterocycles. The lowest BCUT2D eigenvalue weighted by atomic mass is 10.3. The molecule has 1 aliphatic carbocycles. The van der Waals surface area contributed by atoms with Crippen molar-refractivity contribution >= 4 is 10.2 Å². The molecule has 7 heteroatoms. The SMILES string of the molecule is O=S(=O)(NCCCc1ncc[nH]1)NC1CC1. The van der Waals surface area contributed by atoms with Crippen LogP contribution in [-0.4, -0.2) is 31.0 Å². The van der Waals surface area contributed by atoms with Crippen molar-refractivity contribution in [3.8, 4) is 0 Å². The second-order valence-electron chi connectivity index (χ2n) is 3.93. The van der Waals surface area contributed by atoms with Gasteiger partial charge in [0.1, 0.15) is 5.82 Å². The largest absolute Gasteiger partial charge is 0.349 e. The lowest BCUT2D eigenvalue weighted by molar-refractivity contribution is 0.563. The molecule has 0 radical (unpaired) electrons. The Balaban J connectivity index is 1.63. The number of imidazole rings is 1. The van der Waals surface area contributed by atoms with Crippen LogP contribution in [0.2, 0.25) is 0 Å². The molecule has 1 aromatic rings. The Hall–Kier alpha value is -0.920. The molecular formula is C9H16N4O2S. The van der Waals surface area contributed by atoms with Gasteiger partial charge in [-0.2, -0.15) is 13.1 Å². The van der Waals surface area contributed by atoms with Crippen molar-refractivity contribution in [3.63, 3.8) is 0 Å². The van der Waals surface area contributed by atoms with Gasteiger partial charge in [-0.15, -0.1) is 0 Å². The number of rotatable bonds is 7. The minimum atomic E-state index is -3.29. The summed E-state index contributed by atoms with van der Waals surface area (Å²) in [5.41, 5.74) is 0. The average molecular weight is 244 g/mol. The van der Waals surface area contributed by atoms with Gasteiger partial charge in [-0.1, -0.05) is 0 Å². The Morgan fingerprint density at radius 3 is 2.94 bits per heavy atom. The lowest BCUT2D eigenvalue weighted by Crippen LogP contribution is -2.38. The van der Waals surface area contributed by atoms with E-state index in [0.717, 1.165) is 31.5 Å². The van der Waals surface area contributed by atoms with Crippen LogP contribution in [0.5, 0.6) is 0 Å². The summed E-state index contributed by atoms with van der Waals surface area (Å²) in [6, 6.07) is 0.155. The highest BCUT2D eigenvalue weighted by molar-refractivity contribution is 7.87. The van der Waals surface area contributed by atoms with E-state index in [1.54, 1.807) is 12.4 Å². The first-order chi connectivity index (χ1) is 7.66. The van der Waals surface area contributed by atoms with E-state index in [2.05, 4.69) is 19.4 Å². The van der Waals surface area contributed by atoms with E-state index in [1.807, 2.05) is 0 Å². The number of nitrogens with one attached hydrogen (secondary N) is 3. The van der Waals surface area contributed by atoms with Crippen LogP contribution in [0, 0.1) is 0 Å². The van der Waals surface area contributed by atoms with Crippen LogP contribution < -0.4 is 9.44 Å². The maximum atomic E-state index is 11.4. The van der Waals surface area contributed by atoms with Crippen LogP contribution in [0.4, 0.5) is 0 Å². The molecule has 2 rings (SSSR count). The summed E-state index contributed by atoms with van der Waals surface area (Å²) in [4.78, 5) is 7.03. The lowest BCUT2D eigenvalue weighted by Gasteiger charge is -2.06. The highest BCUT2D eigenvalue weighted by Crippen LogP contribution is 2.19. The van der Waals surface area contributed by atoms with Gasteiger partial charge in [0, 0.05) is 31.4 Å². The molecule has 90 valence electrons. The third-order valence-corrected chi connectivity index (χ3v) is 3.56. The smallest absolute Gasteiger partial charge is 0.277 e. The zero-order valence-corrected chi connectivity index (χ0v) is 9.76. The zero-order valence-electron chi connectivity index (χ0n) is 8.94. The van der Waals surface area contributed by atoms with Crippen molar-refractivity contribution in [2.24, 2.45) is 0 Å². The molecule has 0 amide bonds. The first kappa shape index (κ1) is 11.6. The predicted octanol–water partition coefficient (Wildman–Crippen LogP) is -0.0713. The summed E-state index contributed by atoms with van der Waals surface area (Å²) in [6.45, 7) is 0.433. The summed E-state index contributed by atoms with van der Waals surface area (Å²) >= 11 is 0. The van der Waals surface area contributed by atoms with Crippen molar-refractivity contribution in [2.45, 2.75) is 31.7 Å². The van der Waals surface area contributed by atoms with Crippen molar-refractivity contribution in [3.05, 3.63) is 18.2 Å². The molecule has 1 aliphatic rings. The van der Waals surface area contributed by atoms with Gasteiger partial charge < -0.3 is 4.98 Å². The minimum absolute atomic E-state index is 0.155. The third-order valence-electron chi connectivity index (χ3n) is 2.34. The van der Waals surface area contributed by atoms with Gasteiger partial charge >= 0.3 is 0 Å². The summed E-state index contributed by atoms with van der Waals surface area (Å²) in [5, 5.41) is 0. The number of aromatic amines is 1. The van der Waals surface area contributed by atoms with Gasteiger partial charge in [-0.05, 0) is 19.3 Å². The number of hydrogen-bond donors (Lipinski definition) is 3. The monoisotopic (exact) mass is 244 g/mol. The summed E-state index contributed by atoms with van der Waals surface area (Å²) in [7, 11) is -3.29. The fourth-order valence-electron chi connectivity index (χ4n) is 1.36. The van der Waals surface area contributed by atoms with Gasteiger partial charge in [0.15, 0.2) is 0 Å². The summed E-state index contributed by atoms with van der Waals surface area (Å²) < 4.78 is 27.9. The van der Waals surface area contributed by atoms with Gasteiger partial charge in [-0.25, -0.2) is 9.71 Å². The number of H-pyrrole nitrogens is 1. The quantitative estimate of drug-likeness (QED) is 0.587. The number of hydrogen-bond acceptors (Lipinski definition) is 3. The van der Waals surface area contributed by atoms with E-state index >= 15 is 0 Å². The van der Waals surface area contributed by atoms with E-state index in [9.17, 15) is 8.42 Å². The standard InChI is InChI=1S/C9H16N4O2S/c14-16(15,13-8-3-4-8)12-5-1-2-9-10-6-7-11-9/h6-8,12-13H,1-5H2,(H,10,11). The molecule has 0 bridgehead atoms. The highest BCUT2D eigenvalue weighted by atomic mass is 32.2. The van der Waals surface area contributed by atoms with Crippen LogP contribution in [-0.2, 0) is 16.6 Å². The molecule has 6 nitrogen and oxygen atoms in total. The summed E-state index contributed by atoms with van der Waals surface area (Å²) in [5.74, 6) is 0.884. The second kappa shape index (κ2) is 4.94. The van der Waals surface area contributed by atoms with Crippen molar-refractivity contribution in [1.29, 1.82) is 0 Å². The Morgan fingerprint density at radius 2 is 2.31 bits per heavy atom. The molecule has 16 heavy (non-hydrogen) atoms. The molecule has 1 saturated carbocycles. The fourth-order valence-corrected chi connectivity index (χ4v) is 2.53. The molecule has 0 aromatic carbocycles. The van der Waals surface area contributed by atoms with E-state index in [1.165, 1.54) is 0 Å². The Morgan fingerprint density at radius 1 is 1.50 bits per heavy atom. The predicted molar refractivity (Wildman–Crippen MR) is 60.0 cm³/mol. The van der Waals surface area contributed by atoms with E-state index < -0.39 is 10.2 Å². The molecule has 0 saturated heterocycles. The molecule has 0 spiro atoms. The average Bonchev–Trinajstić information content (AvgIpc) is 2.86. The Kier molecular flexibility index (Phi) is 3.57. The van der Waals surface area contributed by atoms with Crippen molar-refractivity contribution < 1.29 is 8.42 Å². The number of aryl methyl sites for hydroxylation is 1. The van der Waals surface area contributed by atoms with Gasteiger partial charge in [0.25, 0.3) is 10.2 Å². The van der Waals surface area contributed by atoms with Gasteiger partial charge in [0.05, 0.1) is 0 Å². The molecule has 0 unspecified atom stereocenters. The topological polar surface area (TPSA) is 86.9 Å². The molecule has 1 fully saturated rings. The number of aromatic nitrogens is 2. The van der Waals surface area contributed by atoms with Crippen LogP contribution in [0.3, 0.4) is 0 Å². The van der Waals surface area contributed by atoms with Crippen molar-refractivity contribution in [1.82, 2.24) is 19.4 Å². The van der Waals surface area contributed by atoms with Crippen LogP contribution in [0.1, 0.15) is 25.1 Å². The molecule has 0 atom stereocenters. The number of nitrogens with zero attached hydrogens (tertiary/aromatic N) is 1. The van der Waals surface area contributed by atoms with Crippen LogP contribution in [0.25, 0.3) is 0 Å².